The Balaban J connectivity index is 2.43. The molecule has 3 heteroatoms. The van der Waals surface area contributed by atoms with Crippen LogP contribution in [0, 0.1) is 0 Å². The van der Waals surface area contributed by atoms with Crippen LogP contribution < -0.4 is 0 Å². The number of nitrogens with zero attached hydrogens (tertiary/aromatic N) is 1. The Kier molecular flexibility index (Phi) is 2.25. The number of likely N-dealkylation sites (N-methyl/N-ethyl adjacent to an activating group) is 1. The molecular weight excluding hydrogens is 178 g/mol. The Bertz CT molecular complexity index is 362. The van der Waals surface area contributed by atoms with E-state index < -0.39 is 6.23 Å². The van der Waals surface area contributed by atoms with Crippen molar-refractivity contribution in [1.82, 2.24) is 4.90 Å². The average molecular weight is 191 g/mol. The van der Waals surface area contributed by atoms with Gasteiger partial charge in [0.1, 0.15) is 6.23 Å². The summed E-state index contributed by atoms with van der Waals surface area (Å²) in [4.78, 5) is 13.3. The Morgan fingerprint density at radius 1 is 1.50 bits per heavy atom. The van der Waals surface area contributed by atoms with Gasteiger partial charge in [-0.05, 0) is 18.6 Å². The number of rotatable bonds is 1. The molecule has 0 spiro atoms. The minimum Gasteiger partial charge on any atom is -0.373 e. The van der Waals surface area contributed by atoms with E-state index in [0.29, 0.717) is 13.0 Å². The van der Waals surface area contributed by atoms with E-state index in [-0.39, 0.29) is 5.91 Å². The van der Waals surface area contributed by atoms with Crippen LogP contribution in [0.2, 0.25) is 0 Å². The third kappa shape index (κ3) is 1.30. The summed E-state index contributed by atoms with van der Waals surface area (Å²) in [5.41, 5.74) is 1.66. The number of hydrogen-bond donors (Lipinski definition) is 1. The quantitative estimate of drug-likeness (QED) is 0.720. The second kappa shape index (κ2) is 3.42. The molecule has 1 aliphatic rings. The zero-order valence-electron chi connectivity index (χ0n) is 8.10. The molecule has 1 aromatic rings. The fourth-order valence-corrected chi connectivity index (χ4v) is 1.86. The lowest BCUT2D eigenvalue weighted by atomic mass is 9.98. The SMILES string of the molecule is CCN1C(=O)c2ccccc2CC1O. The monoisotopic (exact) mass is 191 g/mol. The van der Waals surface area contributed by atoms with Crippen molar-refractivity contribution in [3.05, 3.63) is 35.4 Å². The number of benzene rings is 1. The van der Waals surface area contributed by atoms with Crippen LogP contribution in [0.5, 0.6) is 0 Å². The van der Waals surface area contributed by atoms with Gasteiger partial charge in [0.2, 0.25) is 0 Å². The van der Waals surface area contributed by atoms with Crippen molar-refractivity contribution in [3.63, 3.8) is 0 Å². The number of fused-ring (bicyclic) bond motifs is 1. The van der Waals surface area contributed by atoms with Crippen LogP contribution >= 0.6 is 0 Å². The molecule has 1 aromatic carbocycles. The number of hydrogen-bond acceptors (Lipinski definition) is 2. The van der Waals surface area contributed by atoms with Gasteiger partial charge in [-0.1, -0.05) is 18.2 Å². The average Bonchev–Trinajstić information content (AvgIpc) is 2.18. The van der Waals surface area contributed by atoms with Crippen molar-refractivity contribution in [2.24, 2.45) is 0 Å². The fourth-order valence-electron chi connectivity index (χ4n) is 1.86. The standard InChI is InChI=1S/C11H13NO2/c1-2-12-10(13)7-8-5-3-4-6-9(8)11(12)14/h3-6,10,13H,2,7H2,1H3. The molecule has 74 valence electrons. The molecule has 2 rings (SSSR count). The number of aliphatic hydroxyl groups is 1. The maximum Gasteiger partial charge on any atom is 0.256 e. The lowest BCUT2D eigenvalue weighted by Gasteiger charge is -2.32. The van der Waals surface area contributed by atoms with E-state index in [9.17, 15) is 9.90 Å². The molecule has 1 heterocycles. The minimum absolute atomic E-state index is 0.0677. The summed E-state index contributed by atoms with van der Waals surface area (Å²) < 4.78 is 0. The van der Waals surface area contributed by atoms with E-state index in [1.165, 1.54) is 4.90 Å². The summed E-state index contributed by atoms with van der Waals surface area (Å²) in [7, 11) is 0. The molecule has 0 radical (unpaired) electrons. The largest absolute Gasteiger partial charge is 0.373 e. The van der Waals surface area contributed by atoms with Crippen molar-refractivity contribution in [2.45, 2.75) is 19.6 Å². The first-order valence-electron chi connectivity index (χ1n) is 4.81. The molecule has 0 saturated heterocycles. The molecule has 0 saturated carbocycles. The molecule has 0 aromatic heterocycles. The molecular formula is C11H13NO2. The van der Waals surface area contributed by atoms with Crippen LogP contribution in [-0.2, 0) is 6.42 Å². The molecule has 1 N–H and O–H groups in total. The first kappa shape index (κ1) is 9.21. The zero-order valence-corrected chi connectivity index (χ0v) is 8.10. The summed E-state index contributed by atoms with van der Waals surface area (Å²) in [6.45, 7) is 2.42. The van der Waals surface area contributed by atoms with Crippen molar-refractivity contribution in [1.29, 1.82) is 0 Å². The third-order valence-electron chi connectivity index (χ3n) is 2.61. The van der Waals surface area contributed by atoms with Gasteiger partial charge in [0.05, 0.1) is 0 Å². The lowest BCUT2D eigenvalue weighted by Crippen LogP contribution is -2.45. The molecule has 1 amide bonds. The highest BCUT2D eigenvalue weighted by Crippen LogP contribution is 2.21. The predicted molar refractivity (Wildman–Crippen MR) is 52.9 cm³/mol. The maximum absolute atomic E-state index is 11.8. The van der Waals surface area contributed by atoms with Crippen LogP contribution in [0.4, 0.5) is 0 Å². The van der Waals surface area contributed by atoms with Crippen molar-refractivity contribution in [3.8, 4) is 0 Å². The van der Waals surface area contributed by atoms with Gasteiger partial charge in [-0.3, -0.25) is 4.79 Å². The Labute approximate surface area is 83.0 Å². The van der Waals surface area contributed by atoms with Gasteiger partial charge >= 0.3 is 0 Å². The molecule has 1 aliphatic heterocycles. The summed E-state index contributed by atoms with van der Waals surface area (Å²) in [6.07, 6.45) is -0.127. The van der Waals surface area contributed by atoms with Gasteiger partial charge in [0, 0.05) is 18.5 Å². The van der Waals surface area contributed by atoms with E-state index in [4.69, 9.17) is 0 Å². The zero-order chi connectivity index (χ0) is 10.1. The molecule has 0 fully saturated rings. The van der Waals surface area contributed by atoms with Crippen LogP contribution in [0.3, 0.4) is 0 Å². The van der Waals surface area contributed by atoms with Crippen molar-refractivity contribution in [2.75, 3.05) is 6.54 Å². The summed E-state index contributed by atoms with van der Waals surface area (Å²) in [6, 6.07) is 7.44. The smallest absolute Gasteiger partial charge is 0.256 e. The Morgan fingerprint density at radius 3 is 2.93 bits per heavy atom. The molecule has 14 heavy (non-hydrogen) atoms. The van der Waals surface area contributed by atoms with Gasteiger partial charge in [-0.2, -0.15) is 0 Å². The molecule has 0 bridgehead atoms. The second-order valence-electron chi connectivity index (χ2n) is 3.43. The van der Waals surface area contributed by atoms with Crippen LogP contribution in [-0.4, -0.2) is 28.7 Å². The topological polar surface area (TPSA) is 40.5 Å². The van der Waals surface area contributed by atoms with E-state index in [2.05, 4.69) is 0 Å². The highest BCUT2D eigenvalue weighted by molar-refractivity contribution is 5.96. The summed E-state index contributed by atoms with van der Waals surface area (Å²) >= 11 is 0. The van der Waals surface area contributed by atoms with Gasteiger partial charge in [0.15, 0.2) is 0 Å². The van der Waals surface area contributed by atoms with Gasteiger partial charge < -0.3 is 10.0 Å². The van der Waals surface area contributed by atoms with E-state index >= 15 is 0 Å². The number of amides is 1. The van der Waals surface area contributed by atoms with E-state index in [1.54, 1.807) is 0 Å². The first-order chi connectivity index (χ1) is 6.74. The fraction of sp³-hybridized carbons (Fsp3) is 0.364. The molecule has 1 atom stereocenters. The number of carbonyl (C=O) groups is 1. The van der Waals surface area contributed by atoms with Crippen LogP contribution in [0.1, 0.15) is 22.8 Å². The van der Waals surface area contributed by atoms with E-state index in [1.807, 2.05) is 31.2 Å². The number of aliphatic hydroxyl groups excluding tert-OH is 1. The summed E-state index contributed by atoms with van der Waals surface area (Å²) in [5, 5.41) is 9.69. The van der Waals surface area contributed by atoms with Crippen molar-refractivity contribution >= 4 is 5.91 Å². The molecule has 0 aliphatic carbocycles. The lowest BCUT2D eigenvalue weighted by molar-refractivity contribution is 0.00541. The second-order valence-corrected chi connectivity index (χ2v) is 3.43. The summed E-state index contributed by atoms with van der Waals surface area (Å²) in [5.74, 6) is -0.0677. The van der Waals surface area contributed by atoms with Gasteiger partial charge in [0.25, 0.3) is 5.91 Å². The van der Waals surface area contributed by atoms with Crippen LogP contribution in [0.15, 0.2) is 24.3 Å². The predicted octanol–water partition coefficient (Wildman–Crippen LogP) is 1.02. The first-order valence-corrected chi connectivity index (χ1v) is 4.81. The minimum atomic E-state index is -0.664. The normalized spacial score (nSPS) is 20.9. The van der Waals surface area contributed by atoms with Gasteiger partial charge in [-0.15, -0.1) is 0 Å². The number of carbonyl (C=O) groups excluding carboxylic acids is 1. The highest BCUT2D eigenvalue weighted by atomic mass is 16.3. The Morgan fingerprint density at radius 2 is 2.21 bits per heavy atom. The molecule has 1 unspecified atom stereocenters. The van der Waals surface area contributed by atoms with Gasteiger partial charge in [-0.25, -0.2) is 0 Å². The Hall–Kier alpha value is -1.35. The van der Waals surface area contributed by atoms with E-state index in [0.717, 1.165) is 11.1 Å². The highest BCUT2D eigenvalue weighted by Gasteiger charge is 2.29. The molecule has 3 nitrogen and oxygen atoms in total. The third-order valence-corrected chi connectivity index (χ3v) is 2.61. The van der Waals surface area contributed by atoms with Crippen molar-refractivity contribution < 1.29 is 9.90 Å². The maximum atomic E-state index is 11.8. The van der Waals surface area contributed by atoms with Crippen LogP contribution in [0.25, 0.3) is 0 Å².